The molecule has 4 nitrogen and oxygen atoms in total. The van der Waals surface area contributed by atoms with Crippen molar-refractivity contribution in [2.45, 2.75) is 38.1 Å². The molecule has 1 N–H and O–H groups in total. The standard InChI is InChI=1S/C6H12N2O2.Al/c9-7-8(10)6-4-2-1-3-5-6;/h6,9H,1-5H2;. The molecule has 1 saturated carbocycles. The van der Waals surface area contributed by atoms with Gasteiger partial charge in [-0.15, -0.1) is 0 Å². The van der Waals surface area contributed by atoms with Gasteiger partial charge in [0.2, 0.25) is 0 Å². The predicted molar refractivity (Wildman–Crippen MR) is 40.5 cm³/mol. The van der Waals surface area contributed by atoms with Crippen molar-refractivity contribution in [2.75, 3.05) is 0 Å². The Morgan fingerprint density at radius 2 is 1.82 bits per heavy atom. The second kappa shape index (κ2) is 5.39. The first-order chi connectivity index (χ1) is 4.84. The molecule has 0 heterocycles. The summed E-state index contributed by atoms with van der Waals surface area (Å²) in [5.74, 6) is 0. The molecule has 1 aliphatic rings. The van der Waals surface area contributed by atoms with E-state index in [1.807, 2.05) is 0 Å². The van der Waals surface area contributed by atoms with E-state index in [4.69, 9.17) is 5.21 Å². The van der Waals surface area contributed by atoms with E-state index in [1.54, 1.807) is 0 Å². The third-order valence-corrected chi connectivity index (χ3v) is 1.98. The maximum absolute atomic E-state index is 10.7. The van der Waals surface area contributed by atoms with E-state index in [1.165, 1.54) is 6.42 Å². The van der Waals surface area contributed by atoms with Gasteiger partial charge in [-0.25, -0.2) is 0 Å². The minimum Gasteiger partial charge on any atom is -0.597 e. The summed E-state index contributed by atoms with van der Waals surface area (Å²) in [6.45, 7) is 0. The summed E-state index contributed by atoms with van der Waals surface area (Å²) in [4.78, 5) is 0.416. The van der Waals surface area contributed by atoms with Gasteiger partial charge >= 0.3 is 0 Å². The summed E-state index contributed by atoms with van der Waals surface area (Å²) in [6.07, 6.45) is 5.11. The first kappa shape index (κ1) is 10.7. The number of hydrogen-bond acceptors (Lipinski definition) is 2. The first-order valence-corrected chi connectivity index (χ1v) is 3.66. The number of hydrogen-bond donors (Lipinski definition) is 1. The fourth-order valence-electron chi connectivity index (χ4n) is 1.37. The molecule has 61 valence electrons. The van der Waals surface area contributed by atoms with Crippen LogP contribution in [0.3, 0.4) is 0 Å². The van der Waals surface area contributed by atoms with Crippen LogP contribution in [0.1, 0.15) is 32.1 Å². The van der Waals surface area contributed by atoms with Crippen molar-refractivity contribution in [1.29, 1.82) is 0 Å². The fraction of sp³-hybridized carbons (Fsp3) is 1.00. The second-order valence-corrected chi connectivity index (χ2v) is 2.68. The van der Waals surface area contributed by atoms with Crippen LogP contribution in [-0.2, 0) is 0 Å². The van der Waals surface area contributed by atoms with Crippen molar-refractivity contribution in [3.63, 3.8) is 0 Å². The van der Waals surface area contributed by atoms with Gasteiger partial charge in [-0.05, 0) is 12.8 Å². The predicted octanol–water partition coefficient (Wildman–Crippen LogP) is 1.29. The van der Waals surface area contributed by atoms with Crippen LogP contribution in [0.5, 0.6) is 0 Å². The van der Waals surface area contributed by atoms with E-state index in [0.717, 1.165) is 25.7 Å². The molecule has 1 fully saturated rings. The average Bonchev–Trinajstić information content (AvgIpc) is 2.05. The topological polar surface area (TPSA) is 58.7 Å². The van der Waals surface area contributed by atoms with Crippen LogP contribution in [0.4, 0.5) is 0 Å². The molecule has 0 saturated heterocycles. The molecule has 1 rings (SSSR count). The van der Waals surface area contributed by atoms with Gasteiger partial charge in [-0.2, -0.15) is 0 Å². The van der Waals surface area contributed by atoms with E-state index in [0.29, 0.717) is 4.86 Å². The highest BCUT2D eigenvalue weighted by molar-refractivity contribution is 5.75. The zero-order chi connectivity index (χ0) is 7.40. The number of hydroxylamine groups is 1. The molecule has 0 spiro atoms. The lowest BCUT2D eigenvalue weighted by atomic mass is 9.96. The summed E-state index contributed by atoms with van der Waals surface area (Å²) < 4.78 is 0. The summed E-state index contributed by atoms with van der Waals surface area (Å²) >= 11 is 0. The molecular formula is C6H12AlN2O2. The molecule has 5 heteroatoms. The maximum Gasteiger partial charge on any atom is 0.197 e. The Hall–Kier alpha value is -0.268. The van der Waals surface area contributed by atoms with Crippen LogP contribution in [0.25, 0.3) is 0 Å². The van der Waals surface area contributed by atoms with Gasteiger partial charge in [0.25, 0.3) is 0 Å². The van der Waals surface area contributed by atoms with Crippen molar-refractivity contribution in [3.8, 4) is 0 Å². The van der Waals surface area contributed by atoms with Gasteiger partial charge in [0.15, 0.2) is 11.3 Å². The van der Waals surface area contributed by atoms with Crippen LogP contribution < -0.4 is 0 Å². The molecule has 0 aliphatic heterocycles. The Bertz CT molecular complexity index is 135. The average molecular weight is 171 g/mol. The molecule has 0 unspecified atom stereocenters. The molecule has 0 atom stereocenters. The third kappa shape index (κ3) is 3.09. The Morgan fingerprint density at radius 1 is 1.27 bits per heavy atom. The molecule has 1 aliphatic carbocycles. The number of rotatable bonds is 1. The largest absolute Gasteiger partial charge is 0.597 e. The van der Waals surface area contributed by atoms with Crippen molar-refractivity contribution in [2.24, 2.45) is 5.28 Å². The van der Waals surface area contributed by atoms with Crippen molar-refractivity contribution < 1.29 is 10.1 Å². The SMILES string of the molecule is [Al].[O-][N+](=NO)C1CCCCC1. The van der Waals surface area contributed by atoms with E-state index in [9.17, 15) is 5.21 Å². The minimum atomic E-state index is -0.0706. The van der Waals surface area contributed by atoms with E-state index in [2.05, 4.69) is 5.28 Å². The van der Waals surface area contributed by atoms with Gasteiger partial charge in [0, 0.05) is 30.2 Å². The zero-order valence-electron chi connectivity index (χ0n) is 6.44. The van der Waals surface area contributed by atoms with Gasteiger partial charge in [-0.3, -0.25) is 0 Å². The highest BCUT2D eigenvalue weighted by Crippen LogP contribution is 2.19. The fourth-order valence-corrected chi connectivity index (χ4v) is 1.37. The first-order valence-electron chi connectivity index (χ1n) is 3.66. The smallest absolute Gasteiger partial charge is 0.197 e. The Balaban J connectivity index is 0.000001000. The monoisotopic (exact) mass is 171 g/mol. The van der Waals surface area contributed by atoms with Gasteiger partial charge in [0.05, 0.1) is 0 Å². The van der Waals surface area contributed by atoms with E-state index >= 15 is 0 Å². The lowest BCUT2D eigenvalue weighted by Crippen LogP contribution is -2.22. The van der Waals surface area contributed by atoms with Crippen molar-refractivity contribution >= 4 is 17.4 Å². The molecule has 11 heavy (non-hydrogen) atoms. The molecular weight excluding hydrogens is 159 g/mol. The van der Waals surface area contributed by atoms with E-state index < -0.39 is 0 Å². The van der Waals surface area contributed by atoms with Gasteiger partial charge < -0.3 is 10.4 Å². The van der Waals surface area contributed by atoms with Gasteiger partial charge in [0.1, 0.15) is 0 Å². The van der Waals surface area contributed by atoms with Crippen LogP contribution >= 0.6 is 0 Å². The van der Waals surface area contributed by atoms with Crippen LogP contribution in [0.15, 0.2) is 5.28 Å². The Morgan fingerprint density at radius 3 is 2.27 bits per heavy atom. The molecule has 0 aromatic rings. The normalized spacial score (nSPS) is 20.9. The van der Waals surface area contributed by atoms with Crippen LogP contribution in [-0.4, -0.2) is 33.5 Å². The molecule has 0 aromatic carbocycles. The van der Waals surface area contributed by atoms with Crippen molar-refractivity contribution in [3.05, 3.63) is 5.21 Å². The molecule has 0 aromatic heterocycles. The second-order valence-electron chi connectivity index (χ2n) is 2.68. The molecule has 0 bridgehead atoms. The molecule has 3 radical (unpaired) electrons. The lowest BCUT2D eigenvalue weighted by Gasteiger charge is -2.16. The quantitative estimate of drug-likeness (QED) is 0.279. The van der Waals surface area contributed by atoms with Crippen LogP contribution in [0.2, 0.25) is 0 Å². The lowest BCUT2D eigenvalue weighted by molar-refractivity contribution is -0.594. The third-order valence-electron chi connectivity index (χ3n) is 1.98. The minimum absolute atomic E-state index is 0. The summed E-state index contributed by atoms with van der Waals surface area (Å²) in [5, 5.41) is 21.4. The van der Waals surface area contributed by atoms with Crippen molar-refractivity contribution in [1.82, 2.24) is 0 Å². The summed E-state index contributed by atoms with van der Waals surface area (Å²) in [7, 11) is 0. The Labute approximate surface area is 76.6 Å². The maximum atomic E-state index is 10.7. The highest BCUT2D eigenvalue weighted by Gasteiger charge is 2.21. The number of nitrogens with zero attached hydrogens (tertiary/aromatic N) is 2. The summed E-state index contributed by atoms with van der Waals surface area (Å²) in [6, 6.07) is -0.0706. The van der Waals surface area contributed by atoms with Crippen LogP contribution in [0, 0.1) is 5.21 Å². The van der Waals surface area contributed by atoms with Gasteiger partial charge in [-0.1, -0.05) is 11.3 Å². The zero-order valence-corrected chi connectivity index (χ0v) is 7.59. The molecule has 0 amide bonds. The highest BCUT2D eigenvalue weighted by atomic mass is 27.0. The summed E-state index contributed by atoms with van der Waals surface area (Å²) in [5.41, 5.74) is 0. The Kier molecular flexibility index (Phi) is 5.26. The van der Waals surface area contributed by atoms with E-state index in [-0.39, 0.29) is 23.4 Å².